The van der Waals surface area contributed by atoms with E-state index in [4.69, 9.17) is 4.42 Å². The van der Waals surface area contributed by atoms with E-state index in [1.165, 1.54) is 6.26 Å². The molecule has 0 unspecified atom stereocenters. The molecule has 0 saturated carbocycles. The van der Waals surface area contributed by atoms with Gasteiger partial charge >= 0.3 is 0 Å². The summed E-state index contributed by atoms with van der Waals surface area (Å²) in [6, 6.07) is 8.89. The molecule has 2 aromatic heterocycles. The number of benzene rings is 1. The van der Waals surface area contributed by atoms with Crippen LogP contribution >= 0.6 is 0 Å². The number of pyridine rings is 1. The number of nitrogens with one attached hydrogen (secondary N) is 1. The standard InChI is InChI=1S/C18H16N2O4/c1-10-8-11-4-2-6-13-15(11)20(10)18(23)14(16(13)21)17(22)19-9-12-5-3-7-24-12/h2-7,10,21H,8-9H2,1H3,(H,19,22)/t10-/m1/s1. The highest BCUT2D eigenvalue weighted by molar-refractivity contribution is 6.03. The lowest BCUT2D eigenvalue weighted by Crippen LogP contribution is -2.33. The molecule has 122 valence electrons. The van der Waals surface area contributed by atoms with Crippen molar-refractivity contribution in [3.8, 4) is 5.75 Å². The van der Waals surface area contributed by atoms with Crippen LogP contribution in [-0.4, -0.2) is 15.6 Å². The van der Waals surface area contributed by atoms with Gasteiger partial charge in [-0.15, -0.1) is 0 Å². The van der Waals surface area contributed by atoms with Crippen LogP contribution in [0.4, 0.5) is 0 Å². The second-order valence-electron chi connectivity index (χ2n) is 6.03. The molecule has 0 bridgehead atoms. The molecule has 6 nitrogen and oxygen atoms in total. The number of amides is 1. The van der Waals surface area contributed by atoms with Crippen molar-refractivity contribution in [3.63, 3.8) is 0 Å². The lowest BCUT2D eigenvalue weighted by molar-refractivity contribution is 0.0943. The summed E-state index contributed by atoms with van der Waals surface area (Å²) in [5.74, 6) is -0.299. The zero-order valence-corrected chi connectivity index (χ0v) is 13.1. The van der Waals surface area contributed by atoms with Crippen LogP contribution in [0.2, 0.25) is 0 Å². The second kappa shape index (κ2) is 5.26. The van der Waals surface area contributed by atoms with E-state index < -0.39 is 11.5 Å². The Bertz CT molecular complexity index is 1000. The van der Waals surface area contributed by atoms with E-state index in [2.05, 4.69) is 5.32 Å². The first-order chi connectivity index (χ1) is 11.6. The molecule has 0 spiro atoms. The number of furan rings is 1. The first-order valence-corrected chi connectivity index (χ1v) is 7.77. The molecule has 1 aromatic carbocycles. The van der Waals surface area contributed by atoms with Crippen molar-refractivity contribution < 1.29 is 14.3 Å². The van der Waals surface area contributed by atoms with Crippen molar-refractivity contribution in [1.82, 2.24) is 9.88 Å². The molecular formula is C18H16N2O4. The molecule has 0 fully saturated rings. The number of hydrogen-bond acceptors (Lipinski definition) is 4. The number of para-hydroxylation sites is 1. The second-order valence-corrected chi connectivity index (χ2v) is 6.03. The zero-order chi connectivity index (χ0) is 16.8. The first kappa shape index (κ1) is 14.6. The van der Waals surface area contributed by atoms with E-state index in [0.717, 1.165) is 11.1 Å². The number of rotatable bonds is 3. The predicted molar refractivity (Wildman–Crippen MR) is 88.2 cm³/mol. The summed E-state index contributed by atoms with van der Waals surface area (Å²) in [4.78, 5) is 25.3. The van der Waals surface area contributed by atoms with Crippen LogP contribution in [-0.2, 0) is 13.0 Å². The van der Waals surface area contributed by atoms with Gasteiger partial charge in [0.15, 0.2) is 0 Å². The topological polar surface area (TPSA) is 84.5 Å². The molecule has 1 amide bonds. The van der Waals surface area contributed by atoms with E-state index in [-0.39, 0.29) is 23.9 Å². The van der Waals surface area contributed by atoms with Gasteiger partial charge in [-0.05, 0) is 37.1 Å². The summed E-state index contributed by atoms with van der Waals surface area (Å²) in [7, 11) is 0. The van der Waals surface area contributed by atoms with Gasteiger partial charge in [0, 0.05) is 11.4 Å². The quantitative estimate of drug-likeness (QED) is 0.774. The maximum Gasteiger partial charge on any atom is 0.267 e. The average Bonchev–Trinajstić information content (AvgIpc) is 3.18. The van der Waals surface area contributed by atoms with Crippen molar-refractivity contribution in [2.45, 2.75) is 25.9 Å². The Kier molecular flexibility index (Phi) is 3.19. The third kappa shape index (κ3) is 2.03. The van der Waals surface area contributed by atoms with E-state index in [1.807, 2.05) is 19.1 Å². The van der Waals surface area contributed by atoms with E-state index >= 15 is 0 Å². The smallest absolute Gasteiger partial charge is 0.267 e. The summed E-state index contributed by atoms with van der Waals surface area (Å²) in [5, 5.41) is 13.7. The molecule has 0 radical (unpaired) electrons. The third-order valence-corrected chi connectivity index (χ3v) is 4.47. The fourth-order valence-electron chi connectivity index (χ4n) is 3.39. The predicted octanol–water partition coefficient (Wildman–Crippen LogP) is 2.35. The number of hydrogen-bond donors (Lipinski definition) is 2. The summed E-state index contributed by atoms with van der Waals surface area (Å²) in [6.45, 7) is 2.08. The summed E-state index contributed by atoms with van der Waals surface area (Å²) in [6.07, 6.45) is 2.22. The minimum atomic E-state index is -0.607. The van der Waals surface area contributed by atoms with E-state index in [9.17, 15) is 14.7 Å². The van der Waals surface area contributed by atoms with Crippen LogP contribution in [0.1, 0.15) is 34.6 Å². The van der Waals surface area contributed by atoms with Crippen LogP contribution in [0, 0.1) is 0 Å². The van der Waals surface area contributed by atoms with Crippen LogP contribution < -0.4 is 10.9 Å². The van der Waals surface area contributed by atoms with Crippen molar-refractivity contribution in [2.75, 3.05) is 0 Å². The molecule has 1 aliphatic heterocycles. The zero-order valence-electron chi connectivity index (χ0n) is 13.1. The maximum absolute atomic E-state index is 12.8. The average molecular weight is 324 g/mol. The molecule has 3 aromatic rings. The van der Waals surface area contributed by atoms with Gasteiger partial charge in [-0.2, -0.15) is 0 Å². The molecule has 1 atom stereocenters. The normalized spacial score (nSPS) is 15.8. The molecule has 6 heteroatoms. The number of carbonyl (C=O) groups excluding carboxylic acids is 1. The summed E-state index contributed by atoms with van der Waals surface area (Å²) >= 11 is 0. The van der Waals surface area contributed by atoms with E-state index in [0.29, 0.717) is 17.6 Å². The van der Waals surface area contributed by atoms with Crippen LogP contribution in [0.25, 0.3) is 10.9 Å². The Morgan fingerprint density at radius 3 is 2.96 bits per heavy atom. The van der Waals surface area contributed by atoms with Gasteiger partial charge < -0.3 is 19.4 Å². The Morgan fingerprint density at radius 1 is 1.38 bits per heavy atom. The van der Waals surface area contributed by atoms with Gasteiger partial charge in [0.1, 0.15) is 17.1 Å². The van der Waals surface area contributed by atoms with Gasteiger partial charge in [-0.25, -0.2) is 0 Å². The molecule has 0 aliphatic carbocycles. The molecule has 4 rings (SSSR count). The molecule has 24 heavy (non-hydrogen) atoms. The van der Waals surface area contributed by atoms with Crippen LogP contribution in [0.15, 0.2) is 45.8 Å². The fraction of sp³-hybridized carbons (Fsp3) is 0.222. The minimum absolute atomic E-state index is 0.0466. The number of aromatic hydroxyl groups is 1. The molecular weight excluding hydrogens is 308 g/mol. The molecule has 1 aliphatic rings. The van der Waals surface area contributed by atoms with Gasteiger partial charge in [0.25, 0.3) is 11.5 Å². The Morgan fingerprint density at radius 2 is 2.21 bits per heavy atom. The fourth-order valence-corrected chi connectivity index (χ4v) is 3.39. The largest absolute Gasteiger partial charge is 0.506 e. The monoisotopic (exact) mass is 324 g/mol. The van der Waals surface area contributed by atoms with Crippen molar-refractivity contribution in [2.24, 2.45) is 0 Å². The lowest BCUT2D eigenvalue weighted by atomic mass is 10.1. The van der Waals surface area contributed by atoms with Crippen LogP contribution in [0.5, 0.6) is 5.75 Å². The highest BCUT2D eigenvalue weighted by Gasteiger charge is 2.29. The van der Waals surface area contributed by atoms with Crippen molar-refractivity contribution in [3.05, 3.63) is 63.8 Å². The summed E-state index contributed by atoms with van der Waals surface area (Å²) in [5.41, 5.74) is 1.04. The lowest BCUT2D eigenvalue weighted by Gasteiger charge is -2.13. The van der Waals surface area contributed by atoms with Gasteiger partial charge in [-0.3, -0.25) is 9.59 Å². The molecule has 3 heterocycles. The number of carbonyl (C=O) groups is 1. The van der Waals surface area contributed by atoms with Gasteiger partial charge in [0.2, 0.25) is 0 Å². The van der Waals surface area contributed by atoms with E-state index in [1.54, 1.807) is 22.8 Å². The van der Waals surface area contributed by atoms with Gasteiger partial charge in [-0.1, -0.05) is 12.1 Å². The number of aromatic nitrogens is 1. The number of nitrogens with zero attached hydrogens (tertiary/aromatic N) is 1. The molecule has 0 saturated heterocycles. The minimum Gasteiger partial charge on any atom is -0.506 e. The molecule has 2 N–H and O–H groups in total. The van der Waals surface area contributed by atoms with Crippen LogP contribution in [0.3, 0.4) is 0 Å². The third-order valence-electron chi connectivity index (χ3n) is 4.47. The summed E-state index contributed by atoms with van der Waals surface area (Å²) < 4.78 is 6.76. The Labute approximate surface area is 137 Å². The van der Waals surface area contributed by atoms with Crippen molar-refractivity contribution in [1.29, 1.82) is 0 Å². The Hall–Kier alpha value is -3.02. The highest BCUT2D eigenvalue weighted by atomic mass is 16.3. The Balaban J connectivity index is 1.82. The van der Waals surface area contributed by atoms with Crippen molar-refractivity contribution >= 4 is 16.8 Å². The maximum atomic E-state index is 12.8. The SMILES string of the molecule is C[C@@H]1Cc2cccc3c(O)c(C(=O)NCc4ccco4)c(=O)n1c23. The highest BCUT2D eigenvalue weighted by Crippen LogP contribution is 2.35. The first-order valence-electron chi connectivity index (χ1n) is 7.77. The van der Waals surface area contributed by atoms with Gasteiger partial charge in [0.05, 0.1) is 18.3 Å².